The topological polar surface area (TPSA) is 39.1 Å². The number of benzene rings is 2. The predicted octanol–water partition coefficient (Wildman–Crippen LogP) is 4.10. The fourth-order valence-electron chi connectivity index (χ4n) is 2.83. The zero-order valence-electron chi connectivity index (χ0n) is 14.0. The van der Waals surface area contributed by atoms with Crippen LogP contribution in [0.4, 0.5) is 5.69 Å². The molecule has 23 heavy (non-hydrogen) atoms. The molecule has 3 nitrogen and oxygen atoms in total. The summed E-state index contributed by atoms with van der Waals surface area (Å²) in [5.41, 5.74) is 3.77. The number of aryl methyl sites for hydroxylation is 1. The third-order valence-corrected chi connectivity index (χ3v) is 4.11. The Hall–Kier alpha value is -2.31. The van der Waals surface area contributed by atoms with Crippen LogP contribution in [0.5, 0.6) is 0 Å². The minimum atomic E-state index is 0.242. The van der Waals surface area contributed by atoms with Gasteiger partial charge in [-0.05, 0) is 43.5 Å². The zero-order chi connectivity index (χ0) is 16.5. The third-order valence-electron chi connectivity index (χ3n) is 4.11. The second-order valence-electron chi connectivity index (χ2n) is 5.61. The van der Waals surface area contributed by atoms with E-state index in [-0.39, 0.29) is 6.17 Å². The van der Waals surface area contributed by atoms with Crippen LogP contribution in [0.15, 0.2) is 54.6 Å². The molecular weight excluding hydrogens is 282 g/mol. The maximum Gasteiger partial charge on any atom is 0.0769 e. The molecule has 0 saturated heterocycles. The first kappa shape index (κ1) is 17.1. The van der Waals surface area contributed by atoms with Crippen molar-refractivity contribution >= 4 is 5.69 Å². The summed E-state index contributed by atoms with van der Waals surface area (Å²) >= 11 is 0. The van der Waals surface area contributed by atoms with Gasteiger partial charge in [0.2, 0.25) is 0 Å². The molecule has 0 radical (unpaired) electrons. The van der Waals surface area contributed by atoms with Gasteiger partial charge in [0.05, 0.1) is 12.2 Å². The van der Waals surface area contributed by atoms with Crippen LogP contribution in [0.3, 0.4) is 0 Å². The van der Waals surface area contributed by atoms with E-state index < -0.39 is 0 Å². The number of nitrogens with one attached hydrogen (secondary N) is 1. The van der Waals surface area contributed by atoms with E-state index in [1.165, 1.54) is 16.8 Å². The lowest BCUT2D eigenvalue weighted by molar-refractivity contribution is 0.520. The largest absolute Gasteiger partial charge is 0.357 e. The molecular formula is C20H25N3. The number of rotatable bonds is 8. The molecule has 0 aliphatic rings. The third kappa shape index (κ3) is 4.84. The molecule has 3 heteroatoms. The predicted molar refractivity (Wildman–Crippen MR) is 96.1 cm³/mol. The fourth-order valence-corrected chi connectivity index (χ4v) is 2.83. The minimum Gasteiger partial charge on any atom is -0.357 e. The summed E-state index contributed by atoms with van der Waals surface area (Å²) in [6.07, 6.45) is 1.63. The highest BCUT2D eigenvalue weighted by Crippen LogP contribution is 2.16. The van der Waals surface area contributed by atoms with E-state index in [9.17, 15) is 0 Å². The Labute approximate surface area is 139 Å². The molecule has 0 fully saturated rings. The van der Waals surface area contributed by atoms with Gasteiger partial charge in [-0.3, -0.25) is 5.32 Å². The Balaban J connectivity index is 2.01. The lowest BCUT2D eigenvalue weighted by Crippen LogP contribution is -2.43. The Morgan fingerprint density at radius 3 is 2.35 bits per heavy atom. The van der Waals surface area contributed by atoms with Gasteiger partial charge < -0.3 is 4.90 Å². The van der Waals surface area contributed by atoms with Gasteiger partial charge in [0.25, 0.3) is 0 Å². The van der Waals surface area contributed by atoms with Crippen molar-refractivity contribution in [2.45, 2.75) is 39.4 Å². The van der Waals surface area contributed by atoms with E-state index in [4.69, 9.17) is 5.26 Å². The SMILES string of the molecule is CCN(c1ccccc1)C(C)NCc1ccccc1CCC#N. The van der Waals surface area contributed by atoms with Crippen LogP contribution in [0.1, 0.15) is 31.4 Å². The van der Waals surface area contributed by atoms with Crippen LogP contribution in [0.2, 0.25) is 0 Å². The van der Waals surface area contributed by atoms with Crippen molar-refractivity contribution in [2.24, 2.45) is 0 Å². The van der Waals surface area contributed by atoms with Gasteiger partial charge in [-0.25, -0.2) is 0 Å². The maximum absolute atomic E-state index is 8.80. The molecule has 0 spiro atoms. The van der Waals surface area contributed by atoms with Crippen molar-refractivity contribution in [3.05, 3.63) is 65.7 Å². The second kappa shape index (κ2) is 8.97. The lowest BCUT2D eigenvalue weighted by atomic mass is 10.0. The molecule has 0 heterocycles. The molecule has 0 aliphatic carbocycles. The Morgan fingerprint density at radius 1 is 1.04 bits per heavy atom. The van der Waals surface area contributed by atoms with Crippen LogP contribution >= 0.6 is 0 Å². The normalized spacial score (nSPS) is 11.7. The molecule has 0 bridgehead atoms. The van der Waals surface area contributed by atoms with Crippen molar-refractivity contribution in [3.8, 4) is 6.07 Å². The average molecular weight is 307 g/mol. The first-order valence-electron chi connectivity index (χ1n) is 8.25. The molecule has 120 valence electrons. The smallest absolute Gasteiger partial charge is 0.0769 e. The van der Waals surface area contributed by atoms with E-state index in [1.54, 1.807) is 0 Å². The molecule has 1 unspecified atom stereocenters. The molecule has 0 aromatic heterocycles. The summed E-state index contributed by atoms with van der Waals surface area (Å²) in [4.78, 5) is 2.35. The van der Waals surface area contributed by atoms with E-state index in [0.29, 0.717) is 6.42 Å². The minimum absolute atomic E-state index is 0.242. The number of nitriles is 1. The summed E-state index contributed by atoms with van der Waals surface area (Å²) < 4.78 is 0. The molecule has 0 amide bonds. The summed E-state index contributed by atoms with van der Waals surface area (Å²) in [6.45, 7) is 6.13. The van der Waals surface area contributed by atoms with E-state index in [0.717, 1.165) is 19.5 Å². The summed E-state index contributed by atoms with van der Waals surface area (Å²) in [6, 6.07) is 21.1. The molecule has 0 saturated carbocycles. The van der Waals surface area contributed by atoms with Crippen LogP contribution in [-0.2, 0) is 13.0 Å². The molecule has 2 rings (SSSR count). The van der Waals surface area contributed by atoms with Gasteiger partial charge in [-0.2, -0.15) is 5.26 Å². The molecule has 0 aliphatic heterocycles. The summed E-state index contributed by atoms with van der Waals surface area (Å²) in [7, 11) is 0. The highest BCUT2D eigenvalue weighted by Gasteiger charge is 2.12. The van der Waals surface area contributed by atoms with Gasteiger partial charge in [0.15, 0.2) is 0 Å². The average Bonchev–Trinajstić information content (AvgIpc) is 2.60. The van der Waals surface area contributed by atoms with E-state index >= 15 is 0 Å². The second-order valence-corrected chi connectivity index (χ2v) is 5.61. The van der Waals surface area contributed by atoms with Crippen LogP contribution in [0.25, 0.3) is 0 Å². The quantitative estimate of drug-likeness (QED) is 0.746. The van der Waals surface area contributed by atoms with Gasteiger partial charge >= 0.3 is 0 Å². The number of nitrogens with zero attached hydrogens (tertiary/aromatic N) is 2. The van der Waals surface area contributed by atoms with Crippen molar-refractivity contribution in [1.29, 1.82) is 5.26 Å². The van der Waals surface area contributed by atoms with Gasteiger partial charge in [-0.1, -0.05) is 42.5 Å². The Bertz CT molecular complexity index is 631. The standard InChI is InChI=1S/C20H25N3/c1-3-23(20-13-5-4-6-14-20)17(2)22-16-19-11-8-7-10-18(19)12-9-15-21/h4-8,10-11,13-14,17,22H,3,9,12,16H2,1-2H3. The summed E-state index contributed by atoms with van der Waals surface area (Å²) in [5.74, 6) is 0. The van der Waals surface area contributed by atoms with Gasteiger partial charge in [0.1, 0.15) is 0 Å². The zero-order valence-corrected chi connectivity index (χ0v) is 14.0. The van der Waals surface area contributed by atoms with E-state index in [1.807, 2.05) is 12.1 Å². The van der Waals surface area contributed by atoms with Crippen LogP contribution in [-0.4, -0.2) is 12.7 Å². The van der Waals surface area contributed by atoms with Gasteiger partial charge in [-0.15, -0.1) is 0 Å². The molecule has 1 N–H and O–H groups in total. The van der Waals surface area contributed by atoms with Crippen molar-refractivity contribution in [3.63, 3.8) is 0 Å². The first-order valence-corrected chi connectivity index (χ1v) is 8.25. The fraction of sp³-hybridized carbons (Fsp3) is 0.350. The summed E-state index contributed by atoms with van der Waals surface area (Å²) in [5, 5.41) is 12.4. The lowest BCUT2D eigenvalue weighted by Gasteiger charge is -2.31. The highest BCUT2D eigenvalue weighted by atomic mass is 15.3. The number of hydrogen-bond donors (Lipinski definition) is 1. The highest BCUT2D eigenvalue weighted by molar-refractivity contribution is 5.46. The number of hydrogen-bond acceptors (Lipinski definition) is 3. The Kier molecular flexibility index (Phi) is 6.65. The monoisotopic (exact) mass is 307 g/mol. The molecule has 2 aromatic rings. The molecule has 2 aromatic carbocycles. The number of anilines is 1. The maximum atomic E-state index is 8.80. The van der Waals surface area contributed by atoms with Crippen LogP contribution in [0, 0.1) is 11.3 Å². The Morgan fingerprint density at radius 2 is 1.70 bits per heavy atom. The van der Waals surface area contributed by atoms with Gasteiger partial charge in [0, 0.05) is 25.2 Å². The first-order chi connectivity index (χ1) is 11.3. The molecule has 1 atom stereocenters. The van der Waals surface area contributed by atoms with Crippen molar-refractivity contribution in [1.82, 2.24) is 5.32 Å². The van der Waals surface area contributed by atoms with E-state index in [2.05, 4.69) is 72.6 Å². The van der Waals surface area contributed by atoms with Crippen LogP contribution < -0.4 is 10.2 Å². The number of para-hydroxylation sites is 1. The van der Waals surface area contributed by atoms with Crippen molar-refractivity contribution < 1.29 is 0 Å². The van der Waals surface area contributed by atoms with Crippen molar-refractivity contribution in [2.75, 3.05) is 11.4 Å².